The summed E-state index contributed by atoms with van der Waals surface area (Å²) in [6.07, 6.45) is 0.334. The normalized spacial score (nSPS) is 13.9. The lowest BCUT2D eigenvalue weighted by Crippen LogP contribution is -2.39. The molecule has 0 saturated heterocycles. The van der Waals surface area contributed by atoms with Gasteiger partial charge < -0.3 is 20.5 Å². The molecule has 2 aromatic heterocycles. The van der Waals surface area contributed by atoms with Crippen molar-refractivity contribution in [3.05, 3.63) is 77.2 Å². The number of hydrogen-bond donors (Lipinski definition) is 2. The van der Waals surface area contributed by atoms with Crippen LogP contribution in [0.4, 0.5) is 19.0 Å². The van der Waals surface area contributed by atoms with Gasteiger partial charge in [-0.05, 0) is 47.7 Å². The Balaban J connectivity index is 1.49. The zero-order chi connectivity index (χ0) is 30.7. The average molecular weight is 590 g/mol. The number of nitriles is 1. The molecule has 222 valence electrons. The third-order valence-corrected chi connectivity index (χ3v) is 7.70. The van der Waals surface area contributed by atoms with E-state index in [2.05, 4.69) is 15.3 Å². The first-order valence-electron chi connectivity index (χ1n) is 13.9. The summed E-state index contributed by atoms with van der Waals surface area (Å²) in [4.78, 5) is 36.3. The van der Waals surface area contributed by atoms with Crippen LogP contribution in [0, 0.1) is 11.3 Å². The second-order valence-corrected chi connectivity index (χ2v) is 10.6. The van der Waals surface area contributed by atoms with Crippen molar-refractivity contribution in [2.75, 3.05) is 18.9 Å². The van der Waals surface area contributed by atoms with Crippen molar-refractivity contribution in [2.24, 2.45) is 5.73 Å². The number of nitrogens with zero attached hydrogens (tertiary/aromatic N) is 5. The standard InChI is InChI=1S/C31H30F3N7O2/c1-37-28-24-15-25(41(23-5-3-2-4-6-23)29(24)39-27(16-35)38-28)30(43)40(18-26(36)42)17-19-7-9-20(10-8-19)21-11-13-22(14-12-21)31(32,33)34/h7-15,23H,2-6,17-18H2,1H3,(H2,36,42)(H,37,38,39). The number of aromatic nitrogens is 3. The molecule has 2 heterocycles. The summed E-state index contributed by atoms with van der Waals surface area (Å²) in [5.74, 6) is -0.703. The highest BCUT2D eigenvalue weighted by atomic mass is 19.4. The number of hydrogen-bond acceptors (Lipinski definition) is 6. The predicted molar refractivity (Wildman–Crippen MR) is 155 cm³/mol. The molecule has 4 aromatic rings. The minimum Gasteiger partial charge on any atom is -0.372 e. The highest BCUT2D eigenvalue weighted by Crippen LogP contribution is 2.36. The summed E-state index contributed by atoms with van der Waals surface area (Å²) < 4.78 is 40.7. The number of primary amides is 1. The van der Waals surface area contributed by atoms with Gasteiger partial charge >= 0.3 is 6.18 Å². The highest BCUT2D eigenvalue weighted by molar-refractivity contribution is 6.02. The number of amides is 2. The second-order valence-electron chi connectivity index (χ2n) is 10.6. The van der Waals surface area contributed by atoms with Gasteiger partial charge in [0, 0.05) is 19.6 Å². The largest absolute Gasteiger partial charge is 0.416 e. The van der Waals surface area contributed by atoms with E-state index in [1.165, 1.54) is 17.0 Å². The van der Waals surface area contributed by atoms with E-state index in [1.807, 2.05) is 10.6 Å². The predicted octanol–water partition coefficient (Wildman–Crippen LogP) is 5.66. The number of benzene rings is 2. The number of nitrogens with two attached hydrogens (primary N) is 1. The maximum Gasteiger partial charge on any atom is 0.416 e. The van der Waals surface area contributed by atoms with Gasteiger partial charge in [0.25, 0.3) is 5.91 Å². The van der Waals surface area contributed by atoms with Gasteiger partial charge in [-0.2, -0.15) is 18.4 Å². The fourth-order valence-electron chi connectivity index (χ4n) is 5.63. The number of anilines is 1. The fourth-order valence-corrected chi connectivity index (χ4v) is 5.63. The molecule has 1 fully saturated rings. The number of nitrogens with one attached hydrogen (secondary N) is 1. The van der Waals surface area contributed by atoms with Crippen LogP contribution in [0.25, 0.3) is 22.2 Å². The van der Waals surface area contributed by atoms with E-state index >= 15 is 0 Å². The average Bonchev–Trinajstić information content (AvgIpc) is 3.39. The van der Waals surface area contributed by atoms with Crippen molar-refractivity contribution in [3.63, 3.8) is 0 Å². The van der Waals surface area contributed by atoms with Crippen LogP contribution in [0.3, 0.4) is 0 Å². The topological polar surface area (TPSA) is 130 Å². The molecule has 0 unspecified atom stereocenters. The molecular formula is C31H30F3N7O2. The molecule has 9 nitrogen and oxygen atoms in total. The monoisotopic (exact) mass is 589 g/mol. The van der Waals surface area contributed by atoms with E-state index in [1.54, 1.807) is 37.4 Å². The van der Waals surface area contributed by atoms with Crippen molar-refractivity contribution in [3.8, 4) is 17.2 Å². The Morgan fingerprint density at radius 2 is 1.67 bits per heavy atom. The minimum atomic E-state index is -4.42. The van der Waals surface area contributed by atoms with Gasteiger partial charge in [0.05, 0.1) is 10.9 Å². The van der Waals surface area contributed by atoms with Crippen LogP contribution >= 0.6 is 0 Å². The number of rotatable bonds is 8. The molecule has 1 aliphatic rings. The molecule has 2 aromatic carbocycles. The van der Waals surface area contributed by atoms with Gasteiger partial charge in [0.1, 0.15) is 29.8 Å². The Kier molecular flexibility index (Phi) is 8.34. The van der Waals surface area contributed by atoms with Crippen LogP contribution in [-0.2, 0) is 17.5 Å². The van der Waals surface area contributed by atoms with Gasteiger partial charge in [-0.25, -0.2) is 9.97 Å². The molecule has 1 saturated carbocycles. The molecule has 0 spiro atoms. The molecular weight excluding hydrogens is 559 g/mol. The van der Waals surface area contributed by atoms with Crippen LogP contribution < -0.4 is 11.1 Å². The number of carbonyl (C=O) groups is 2. The Morgan fingerprint density at radius 3 is 2.23 bits per heavy atom. The SMILES string of the molecule is CNc1nc(C#N)nc2c1cc(C(=O)N(CC(N)=O)Cc1ccc(-c3ccc(C(F)(F)F)cc3)cc1)n2C1CCCCC1. The van der Waals surface area contributed by atoms with Crippen molar-refractivity contribution < 1.29 is 22.8 Å². The number of carbonyl (C=O) groups excluding carboxylic acids is 2. The molecule has 0 bridgehead atoms. The lowest BCUT2D eigenvalue weighted by molar-refractivity contribution is -0.137. The van der Waals surface area contributed by atoms with Crippen LogP contribution in [0.15, 0.2) is 54.6 Å². The summed E-state index contributed by atoms with van der Waals surface area (Å²) >= 11 is 0. The van der Waals surface area contributed by atoms with Gasteiger partial charge in [-0.15, -0.1) is 0 Å². The van der Waals surface area contributed by atoms with E-state index in [9.17, 15) is 28.0 Å². The Bertz CT molecular complexity index is 1680. The molecule has 5 rings (SSSR count). The first-order chi connectivity index (χ1) is 20.6. The second kappa shape index (κ2) is 12.1. The Hall–Kier alpha value is -4.92. The molecule has 1 aliphatic carbocycles. The summed E-state index contributed by atoms with van der Waals surface area (Å²) in [6, 6.07) is 15.6. The quantitative estimate of drug-likeness (QED) is 0.273. The van der Waals surface area contributed by atoms with Crippen LogP contribution in [0.1, 0.15) is 65.6 Å². The summed E-state index contributed by atoms with van der Waals surface area (Å²) in [5, 5.41) is 13.1. The smallest absolute Gasteiger partial charge is 0.372 e. The lowest BCUT2D eigenvalue weighted by Gasteiger charge is -2.28. The van der Waals surface area contributed by atoms with Crippen LogP contribution in [0.5, 0.6) is 0 Å². The van der Waals surface area contributed by atoms with Crippen molar-refractivity contribution in [1.82, 2.24) is 19.4 Å². The molecule has 0 aliphatic heterocycles. The summed E-state index contributed by atoms with van der Waals surface area (Å²) in [5.41, 5.74) is 7.65. The first kappa shape index (κ1) is 29.6. The zero-order valence-electron chi connectivity index (χ0n) is 23.5. The van der Waals surface area contributed by atoms with Gasteiger partial charge in [-0.1, -0.05) is 55.7 Å². The minimum absolute atomic E-state index is 0.0187. The number of halogens is 3. The maximum absolute atomic E-state index is 14.1. The van der Waals surface area contributed by atoms with Gasteiger partial charge in [-0.3, -0.25) is 9.59 Å². The Labute approximate surface area is 246 Å². The Morgan fingerprint density at radius 1 is 1.05 bits per heavy atom. The molecule has 12 heteroatoms. The molecule has 2 amide bonds. The van der Waals surface area contributed by atoms with E-state index in [-0.39, 0.29) is 25.0 Å². The van der Waals surface area contributed by atoms with Crippen molar-refractivity contribution >= 4 is 28.7 Å². The summed E-state index contributed by atoms with van der Waals surface area (Å²) in [6.45, 7) is -0.269. The van der Waals surface area contributed by atoms with Crippen molar-refractivity contribution in [2.45, 2.75) is 50.9 Å². The summed E-state index contributed by atoms with van der Waals surface area (Å²) in [7, 11) is 1.68. The van der Waals surface area contributed by atoms with Crippen molar-refractivity contribution in [1.29, 1.82) is 5.26 Å². The first-order valence-corrected chi connectivity index (χ1v) is 13.9. The highest BCUT2D eigenvalue weighted by Gasteiger charge is 2.31. The van der Waals surface area contributed by atoms with E-state index in [0.29, 0.717) is 39.2 Å². The third kappa shape index (κ3) is 6.30. The molecule has 43 heavy (non-hydrogen) atoms. The molecule has 0 atom stereocenters. The molecule has 0 radical (unpaired) electrons. The van der Waals surface area contributed by atoms with E-state index in [0.717, 1.165) is 44.2 Å². The zero-order valence-corrected chi connectivity index (χ0v) is 23.5. The van der Waals surface area contributed by atoms with Crippen LogP contribution in [-0.4, -0.2) is 44.8 Å². The number of alkyl halides is 3. The van der Waals surface area contributed by atoms with Gasteiger partial charge in [0.2, 0.25) is 11.7 Å². The maximum atomic E-state index is 14.1. The third-order valence-electron chi connectivity index (χ3n) is 7.70. The number of fused-ring (bicyclic) bond motifs is 1. The van der Waals surface area contributed by atoms with Gasteiger partial charge in [0.15, 0.2) is 0 Å². The lowest BCUT2D eigenvalue weighted by atomic mass is 9.95. The fraction of sp³-hybridized carbons (Fsp3) is 0.323. The van der Waals surface area contributed by atoms with E-state index < -0.39 is 23.6 Å². The van der Waals surface area contributed by atoms with E-state index in [4.69, 9.17) is 5.73 Å². The molecule has 3 N–H and O–H groups in total. The van der Waals surface area contributed by atoms with Crippen LogP contribution in [0.2, 0.25) is 0 Å².